The van der Waals surface area contributed by atoms with Crippen LogP contribution in [-0.2, 0) is 11.1 Å². The van der Waals surface area contributed by atoms with Crippen molar-refractivity contribution < 1.29 is 27.6 Å². The van der Waals surface area contributed by atoms with Gasteiger partial charge in [0.2, 0.25) is 0 Å². The SMILES string of the molecule is Clc1nccc2sc(Br)cc12.O=S([O-])c1cc2c(Cl)nccc2s1.[Li+]. The van der Waals surface area contributed by atoms with Gasteiger partial charge in [0, 0.05) is 32.6 Å². The molecule has 1 unspecified atom stereocenters. The third-order valence-electron chi connectivity index (χ3n) is 2.91. The minimum Gasteiger partial charge on any atom is -0.768 e. The molecule has 124 valence electrons. The molecule has 0 fully saturated rings. The summed E-state index contributed by atoms with van der Waals surface area (Å²) in [6.07, 6.45) is 3.27. The third-order valence-corrected chi connectivity index (χ3v) is 7.11. The minimum absolute atomic E-state index is 0. The predicted molar refractivity (Wildman–Crippen MR) is 104 cm³/mol. The Balaban J connectivity index is 0.000000175. The molecule has 4 heterocycles. The first-order valence-corrected chi connectivity index (χ1v) is 10.5. The molecule has 4 nitrogen and oxygen atoms in total. The molecule has 4 aromatic rings. The Hall–Kier alpha value is -0.0126. The van der Waals surface area contributed by atoms with Crippen LogP contribution in [0.3, 0.4) is 0 Å². The Morgan fingerprint density at radius 1 is 1.00 bits per heavy atom. The molecular formula is C14H6BrCl2LiN2O2S3. The molecule has 0 aliphatic heterocycles. The van der Waals surface area contributed by atoms with Gasteiger partial charge in [0.25, 0.3) is 0 Å². The van der Waals surface area contributed by atoms with Gasteiger partial charge in [0.15, 0.2) is 0 Å². The number of fused-ring (bicyclic) bond motifs is 2. The van der Waals surface area contributed by atoms with Crippen molar-refractivity contribution in [3.8, 4) is 0 Å². The van der Waals surface area contributed by atoms with Gasteiger partial charge in [0.1, 0.15) is 10.3 Å². The average Bonchev–Trinajstić information content (AvgIpc) is 3.12. The van der Waals surface area contributed by atoms with E-state index in [2.05, 4.69) is 25.9 Å². The van der Waals surface area contributed by atoms with Crippen LogP contribution in [0, 0.1) is 0 Å². The van der Waals surface area contributed by atoms with Crippen LogP contribution in [0.4, 0.5) is 0 Å². The van der Waals surface area contributed by atoms with Crippen LogP contribution >= 0.6 is 61.8 Å². The standard InChI is InChI=1S/C7H3BrClNS.C7H4ClNO2S2.Li/c8-6-3-4-5(11-6)1-2-10-7(4)9;8-7-4-3-6(13(10)11)12-5(4)1-2-9-7;/h1-3H;1-3H,(H,10,11);/q;;+1/p-1. The van der Waals surface area contributed by atoms with Crippen molar-refractivity contribution in [3.63, 3.8) is 0 Å². The number of rotatable bonds is 1. The summed E-state index contributed by atoms with van der Waals surface area (Å²) in [4.78, 5) is 7.82. The molecule has 4 rings (SSSR count). The topological polar surface area (TPSA) is 65.9 Å². The molecule has 0 spiro atoms. The van der Waals surface area contributed by atoms with E-state index in [9.17, 15) is 8.76 Å². The van der Waals surface area contributed by atoms with Crippen LogP contribution in [0.25, 0.3) is 20.2 Å². The summed E-state index contributed by atoms with van der Waals surface area (Å²) in [5.41, 5.74) is 0. The average molecular weight is 488 g/mol. The molecule has 0 amide bonds. The fourth-order valence-electron chi connectivity index (χ4n) is 1.89. The summed E-state index contributed by atoms with van der Waals surface area (Å²) in [7, 11) is 0. The molecule has 4 aromatic heterocycles. The smallest absolute Gasteiger partial charge is 0.768 e. The number of pyridine rings is 2. The van der Waals surface area contributed by atoms with Crippen LogP contribution in [0.2, 0.25) is 10.3 Å². The first-order chi connectivity index (χ1) is 11.5. The molecule has 0 aromatic carbocycles. The Morgan fingerprint density at radius 2 is 1.52 bits per heavy atom. The normalized spacial score (nSPS) is 11.7. The molecule has 0 aliphatic rings. The number of halogens is 3. The third kappa shape index (κ3) is 5.04. The molecule has 0 saturated heterocycles. The summed E-state index contributed by atoms with van der Waals surface area (Å²) in [6, 6.07) is 7.20. The summed E-state index contributed by atoms with van der Waals surface area (Å²) in [5, 5.41) is 2.62. The second-order valence-corrected chi connectivity index (χ2v) is 9.81. The van der Waals surface area contributed by atoms with Crippen molar-refractivity contribution in [2.24, 2.45) is 0 Å². The van der Waals surface area contributed by atoms with Crippen molar-refractivity contribution in [1.82, 2.24) is 9.97 Å². The van der Waals surface area contributed by atoms with Gasteiger partial charge in [-0.25, -0.2) is 9.97 Å². The van der Waals surface area contributed by atoms with Gasteiger partial charge in [-0.1, -0.05) is 23.2 Å². The van der Waals surface area contributed by atoms with Gasteiger partial charge < -0.3 is 4.55 Å². The van der Waals surface area contributed by atoms with Gasteiger partial charge in [-0.05, 0) is 51.3 Å². The summed E-state index contributed by atoms with van der Waals surface area (Å²) in [6.45, 7) is 0. The number of hydrogen-bond acceptors (Lipinski definition) is 6. The van der Waals surface area contributed by atoms with E-state index in [0.29, 0.717) is 15.7 Å². The first kappa shape index (κ1) is 21.3. The molecule has 25 heavy (non-hydrogen) atoms. The number of aromatic nitrogens is 2. The van der Waals surface area contributed by atoms with E-state index < -0.39 is 11.1 Å². The quantitative estimate of drug-likeness (QED) is 0.235. The maximum Gasteiger partial charge on any atom is 1.00 e. The first-order valence-electron chi connectivity index (χ1n) is 6.28. The molecule has 0 aliphatic carbocycles. The van der Waals surface area contributed by atoms with Gasteiger partial charge in [-0.3, -0.25) is 4.21 Å². The predicted octanol–water partition coefficient (Wildman–Crippen LogP) is 2.90. The van der Waals surface area contributed by atoms with Gasteiger partial charge in [0.05, 0.1) is 8.00 Å². The maximum absolute atomic E-state index is 10.6. The van der Waals surface area contributed by atoms with Crippen molar-refractivity contribution in [1.29, 1.82) is 0 Å². The maximum atomic E-state index is 10.6. The summed E-state index contributed by atoms with van der Waals surface area (Å²) < 4.78 is 24.6. The van der Waals surface area contributed by atoms with E-state index in [0.717, 1.165) is 18.6 Å². The van der Waals surface area contributed by atoms with Gasteiger partial charge >= 0.3 is 18.9 Å². The van der Waals surface area contributed by atoms with Crippen molar-refractivity contribution in [2.75, 3.05) is 0 Å². The molecule has 11 heteroatoms. The summed E-state index contributed by atoms with van der Waals surface area (Å²) in [5.74, 6) is 0. The van der Waals surface area contributed by atoms with Crippen LogP contribution in [0.5, 0.6) is 0 Å². The molecule has 0 saturated carbocycles. The van der Waals surface area contributed by atoms with Crippen LogP contribution in [-0.4, -0.2) is 18.7 Å². The monoisotopic (exact) mass is 486 g/mol. The molecule has 0 N–H and O–H groups in total. The second kappa shape index (κ2) is 9.27. The Morgan fingerprint density at radius 3 is 2.00 bits per heavy atom. The zero-order valence-electron chi connectivity index (χ0n) is 12.5. The summed E-state index contributed by atoms with van der Waals surface area (Å²) >= 11 is 15.7. The Kier molecular flexibility index (Phi) is 7.89. The van der Waals surface area contributed by atoms with Gasteiger partial charge in [-0.2, -0.15) is 0 Å². The van der Waals surface area contributed by atoms with E-state index in [4.69, 9.17) is 23.2 Å². The number of thiophene rings is 2. The fraction of sp³-hybridized carbons (Fsp3) is 0. The fourth-order valence-corrected chi connectivity index (χ4v) is 5.50. The molecular weight excluding hydrogens is 482 g/mol. The van der Waals surface area contributed by atoms with Crippen LogP contribution < -0.4 is 18.9 Å². The number of hydrogen-bond donors (Lipinski definition) is 0. The van der Waals surface area contributed by atoms with E-state index in [1.54, 1.807) is 29.8 Å². The second-order valence-electron chi connectivity index (χ2n) is 4.38. The zero-order chi connectivity index (χ0) is 17.3. The van der Waals surface area contributed by atoms with Crippen LogP contribution in [0.1, 0.15) is 0 Å². The van der Waals surface area contributed by atoms with Gasteiger partial charge in [-0.15, -0.1) is 22.7 Å². The van der Waals surface area contributed by atoms with Crippen molar-refractivity contribution in [3.05, 3.63) is 50.8 Å². The molecule has 1 atom stereocenters. The largest absolute Gasteiger partial charge is 1.00 e. The Labute approximate surface area is 184 Å². The molecule has 0 radical (unpaired) electrons. The number of nitrogens with zero attached hydrogens (tertiary/aromatic N) is 2. The van der Waals surface area contributed by atoms with E-state index >= 15 is 0 Å². The Bertz CT molecular complexity index is 1060. The van der Waals surface area contributed by atoms with E-state index in [1.165, 1.54) is 17.4 Å². The molecule has 0 bridgehead atoms. The van der Waals surface area contributed by atoms with E-state index in [1.807, 2.05) is 12.1 Å². The zero-order valence-corrected chi connectivity index (χ0v) is 18.1. The van der Waals surface area contributed by atoms with Crippen molar-refractivity contribution >= 4 is 93.1 Å². The van der Waals surface area contributed by atoms with Crippen LogP contribution in [0.15, 0.2) is 44.7 Å². The van der Waals surface area contributed by atoms with E-state index in [-0.39, 0.29) is 23.1 Å². The minimum atomic E-state index is -2.19. The van der Waals surface area contributed by atoms with Crippen molar-refractivity contribution in [2.45, 2.75) is 4.21 Å².